The molecule has 0 fully saturated rings. The average molecular weight is 351 g/mol. The van der Waals surface area contributed by atoms with Gasteiger partial charge in [0.05, 0.1) is 16.9 Å². The molecule has 0 bridgehead atoms. The molecule has 23 heavy (non-hydrogen) atoms. The van der Waals surface area contributed by atoms with Gasteiger partial charge in [-0.1, -0.05) is 23.2 Å². The van der Waals surface area contributed by atoms with Gasteiger partial charge in [-0.3, -0.25) is 4.79 Å². The summed E-state index contributed by atoms with van der Waals surface area (Å²) in [6.07, 6.45) is 2.83. The van der Waals surface area contributed by atoms with Crippen LogP contribution < -0.4 is 5.32 Å². The molecule has 0 saturated carbocycles. The Labute approximate surface area is 140 Å². The van der Waals surface area contributed by atoms with Crippen molar-refractivity contribution in [2.45, 2.75) is 0 Å². The van der Waals surface area contributed by atoms with Gasteiger partial charge in [0, 0.05) is 10.0 Å². The molecule has 0 radical (unpaired) electrons. The van der Waals surface area contributed by atoms with E-state index in [1.807, 2.05) is 0 Å². The lowest BCUT2D eigenvalue weighted by molar-refractivity contribution is 0.102. The van der Waals surface area contributed by atoms with Gasteiger partial charge in [0.25, 0.3) is 5.91 Å². The van der Waals surface area contributed by atoms with Crippen LogP contribution in [-0.4, -0.2) is 20.7 Å². The fourth-order valence-electron chi connectivity index (χ4n) is 2.00. The van der Waals surface area contributed by atoms with Gasteiger partial charge in [-0.2, -0.15) is 5.10 Å². The number of rotatable bonds is 3. The van der Waals surface area contributed by atoms with Crippen molar-refractivity contribution in [1.82, 2.24) is 14.8 Å². The number of amides is 1. The van der Waals surface area contributed by atoms with Crippen LogP contribution in [0, 0.1) is 5.82 Å². The molecule has 3 aromatic rings. The molecule has 0 aliphatic rings. The minimum Gasteiger partial charge on any atom is -0.320 e. The van der Waals surface area contributed by atoms with Crippen LogP contribution in [0.4, 0.5) is 10.1 Å². The number of aromatic nitrogens is 3. The van der Waals surface area contributed by atoms with Gasteiger partial charge in [0.1, 0.15) is 18.5 Å². The van der Waals surface area contributed by atoms with Gasteiger partial charge >= 0.3 is 0 Å². The topological polar surface area (TPSA) is 59.8 Å². The smallest absolute Gasteiger partial charge is 0.258 e. The summed E-state index contributed by atoms with van der Waals surface area (Å²) >= 11 is 11.7. The number of hydrogen-bond donors (Lipinski definition) is 1. The van der Waals surface area contributed by atoms with Gasteiger partial charge in [0.2, 0.25) is 0 Å². The number of benzene rings is 2. The second-order valence-electron chi connectivity index (χ2n) is 4.58. The fourth-order valence-corrected chi connectivity index (χ4v) is 2.33. The van der Waals surface area contributed by atoms with E-state index in [9.17, 15) is 9.18 Å². The van der Waals surface area contributed by atoms with E-state index in [1.54, 1.807) is 18.2 Å². The van der Waals surface area contributed by atoms with Crippen molar-refractivity contribution in [1.29, 1.82) is 0 Å². The van der Waals surface area contributed by atoms with E-state index in [0.29, 0.717) is 16.4 Å². The standard InChI is InChI=1S/C15H9Cl2FN4O/c16-9-1-3-11(12(18)5-9)15(23)21-13-6-10(17)2-4-14(13)22-8-19-7-20-22/h1-8H,(H,21,23). The summed E-state index contributed by atoms with van der Waals surface area (Å²) in [7, 11) is 0. The third-order valence-corrected chi connectivity index (χ3v) is 3.52. The Bertz CT molecular complexity index is 868. The Balaban J connectivity index is 1.96. The number of nitrogens with one attached hydrogen (secondary N) is 1. The number of anilines is 1. The zero-order chi connectivity index (χ0) is 16.4. The Morgan fingerprint density at radius 2 is 1.87 bits per heavy atom. The van der Waals surface area contributed by atoms with E-state index in [1.165, 1.54) is 29.5 Å². The summed E-state index contributed by atoms with van der Waals surface area (Å²) in [4.78, 5) is 16.2. The summed E-state index contributed by atoms with van der Waals surface area (Å²) in [5, 5.41) is 7.26. The fraction of sp³-hybridized carbons (Fsp3) is 0. The van der Waals surface area contributed by atoms with E-state index < -0.39 is 11.7 Å². The molecule has 0 aliphatic carbocycles. The van der Waals surface area contributed by atoms with Gasteiger partial charge in [0.15, 0.2) is 0 Å². The van der Waals surface area contributed by atoms with Gasteiger partial charge in [-0.05, 0) is 36.4 Å². The second-order valence-corrected chi connectivity index (χ2v) is 5.45. The van der Waals surface area contributed by atoms with Crippen LogP contribution in [0.1, 0.15) is 10.4 Å². The summed E-state index contributed by atoms with van der Waals surface area (Å²) in [5.74, 6) is -1.33. The molecule has 0 spiro atoms. The molecule has 0 unspecified atom stereocenters. The third kappa shape index (κ3) is 3.33. The van der Waals surface area contributed by atoms with Gasteiger partial charge in [-0.25, -0.2) is 14.1 Å². The van der Waals surface area contributed by atoms with Crippen molar-refractivity contribution in [2.24, 2.45) is 0 Å². The Morgan fingerprint density at radius 1 is 1.13 bits per heavy atom. The van der Waals surface area contributed by atoms with Crippen molar-refractivity contribution in [3.05, 3.63) is 70.5 Å². The van der Waals surface area contributed by atoms with E-state index in [0.717, 1.165) is 6.07 Å². The lowest BCUT2D eigenvalue weighted by atomic mass is 10.2. The first-order valence-electron chi connectivity index (χ1n) is 6.45. The van der Waals surface area contributed by atoms with Crippen LogP contribution in [0.3, 0.4) is 0 Å². The first-order valence-corrected chi connectivity index (χ1v) is 7.21. The molecular formula is C15H9Cl2FN4O. The highest BCUT2D eigenvalue weighted by atomic mass is 35.5. The Hall–Kier alpha value is -2.44. The van der Waals surface area contributed by atoms with Gasteiger partial charge < -0.3 is 5.32 Å². The molecule has 2 aromatic carbocycles. The summed E-state index contributed by atoms with van der Waals surface area (Å²) in [6, 6.07) is 8.70. The number of nitrogens with zero attached hydrogens (tertiary/aromatic N) is 3. The van der Waals surface area contributed by atoms with Crippen molar-refractivity contribution < 1.29 is 9.18 Å². The molecule has 1 heterocycles. The monoisotopic (exact) mass is 350 g/mol. The van der Waals surface area contributed by atoms with Crippen LogP contribution in [0.15, 0.2) is 49.1 Å². The van der Waals surface area contributed by atoms with E-state index in [-0.39, 0.29) is 10.6 Å². The van der Waals surface area contributed by atoms with Crippen LogP contribution in [0.25, 0.3) is 5.69 Å². The maximum absolute atomic E-state index is 13.9. The summed E-state index contributed by atoms with van der Waals surface area (Å²) < 4.78 is 15.3. The average Bonchev–Trinajstić information content (AvgIpc) is 3.01. The molecule has 0 aliphatic heterocycles. The van der Waals surface area contributed by atoms with Gasteiger partial charge in [-0.15, -0.1) is 0 Å². The zero-order valence-corrected chi connectivity index (χ0v) is 13.0. The highest BCUT2D eigenvalue weighted by Gasteiger charge is 2.15. The molecule has 5 nitrogen and oxygen atoms in total. The maximum Gasteiger partial charge on any atom is 0.258 e. The molecule has 0 saturated heterocycles. The Morgan fingerprint density at radius 3 is 2.57 bits per heavy atom. The van der Waals surface area contributed by atoms with E-state index in [4.69, 9.17) is 23.2 Å². The van der Waals surface area contributed by atoms with Crippen molar-refractivity contribution in [3.63, 3.8) is 0 Å². The number of halogens is 3. The second kappa shape index (κ2) is 6.36. The summed E-state index contributed by atoms with van der Waals surface area (Å²) in [6.45, 7) is 0. The normalized spacial score (nSPS) is 10.6. The molecule has 0 atom stereocenters. The third-order valence-electron chi connectivity index (χ3n) is 3.05. The van der Waals surface area contributed by atoms with Crippen LogP contribution in [0.5, 0.6) is 0 Å². The summed E-state index contributed by atoms with van der Waals surface area (Å²) in [5.41, 5.74) is 0.802. The van der Waals surface area contributed by atoms with E-state index >= 15 is 0 Å². The predicted octanol–water partition coefficient (Wildman–Crippen LogP) is 3.97. The maximum atomic E-state index is 13.9. The molecule has 116 valence electrons. The first-order chi connectivity index (χ1) is 11.0. The van der Waals surface area contributed by atoms with Crippen molar-refractivity contribution in [2.75, 3.05) is 5.32 Å². The van der Waals surface area contributed by atoms with E-state index in [2.05, 4.69) is 15.4 Å². The van der Waals surface area contributed by atoms with Crippen LogP contribution in [0.2, 0.25) is 10.0 Å². The van der Waals surface area contributed by atoms with Crippen molar-refractivity contribution >= 4 is 34.8 Å². The zero-order valence-electron chi connectivity index (χ0n) is 11.5. The van der Waals surface area contributed by atoms with Crippen LogP contribution in [-0.2, 0) is 0 Å². The highest BCUT2D eigenvalue weighted by molar-refractivity contribution is 6.31. The van der Waals surface area contributed by atoms with Crippen LogP contribution >= 0.6 is 23.2 Å². The minimum atomic E-state index is -0.709. The Kier molecular flexibility index (Phi) is 4.27. The van der Waals surface area contributed by atoms with Crippen molar-refractivity contribution in [3.8, 4) is 5.69 Å². The molecule has 1 amide bonds. The molecule has 8 heteroatoms. The number of carbonyl (C=O) groups excluding carboxylic acids is 1. The highest BCUT2D eigenvalue weighted by Crippen LogP contribution is 2.25. The molecule has 3 rings (SSSR count). The molecule has 1 N–H and O–H groups in total. The SMILES string of the molecule is O=C(Nc1cc(Cl)ccc1-n1cncn1)c1ccc(Cl)cc1F. The predicted molar refractivity (Wildman–Crippen MR) is 85.7 cm³/mol. The minimum absolute atomic E-state index is 0.126. The lowest BCUT2D eigenvalue weighted by Crippen LogP contribution is -2.15. The molecule has 1 aromatic heterocycles. The number of hydrogen-bond acceptors (Lipinski definition) is 3. The largest absolute Gasteiger partial charge is 0.320 e. The molecular weight excluding hydrogens is 342 g/mol. The first kappa shape index (κ1) is 15.5. The quantitative estimate of drug-likeness (QED) is 0.777. The lowest BCUT2D eigenvalue weighted by Gasteiger charge is -2.12. The number of carbonyl (C=O) groups is 1.